The highest BCUT2D eigenvalue weighted by Crippen LogP contribution is 2.27. The Hall–Kier alpha value is -2.60. The summed E-state index contributed by atoms with van der Waals surface area (Å²) in [6.07, 6.45) is 0.761. The number of nitrogens with zero attached hydrogens (tertiary/aromatic N) is 1. The van der Waals surface area contributed by atoms with Gasteiger partial charge in [-0.25, -0.2) is 9.78 Å². The van der Waals surface area contributed by atoms with E-state index in [9.17, 15) is 4.79 Å². The fraction of sp³-hybridized carbons (Fsp3) is 0.333. The lowest BCUT2D eigenvalue weighted by Gasteiger charge is -2.24. The van der Waals surface area contributed by atoms with Gasteiger partial charge in [0.25, 0.3) is 5.19 Å². The minimum absolute atomic E-state index is 0.333. The van der Waals surface area contributed by atoms with E-state index in [0.717, 1.165) is 22.2 Å². The van der Waals surface area contributed by atoms with Crippen molar-refractivity contribution in [2.24, 2.45) is 0 Å². The van der Waals surface area contributed by atoms with Gasteiger partial charge >= 0.3 is 5.97 Å². The van der Waals surface area contributed by atoms with E-state index in [0.29, 0.717) is 24.2 Å². The van der Waals surface area contributed by atoms with Gasteiger partial charge in [-0.3, -0.25) is 0 Å². The van der Waals surface area contributed by atoms with E-state index in [1.54, 1.807) is 32.1 Å². The van der Waals surface area contributed by atoms with Gasteiger partial charge in [0.15, 0.2) is 5.60 Å². The largest absolute Gasteiger partial charge is 0.476 e. The molecule has 0 unspecified atom stereocenters. The smallest absolute Gasteiger partial charge is 0.349 e. The van der Waals surface area contributed by atoms with Crippen molar-refractivity contribution in [2.75, 3.05) is 13.2 Å². The predicted octanol–water partition coefficient (Wildman–Crippen LogP) is 4.64. The summed E-state index contributed by atoms with van der Waals surface area (Å²) in [6, 6.07) is 15.6. The predicted molar refractivity (Wildman–Crippen MR) is 107 cm³/mol. The van der Waals surface area contributed by atoms with Gasteiger partial charge in [0, 0.05) is 6.42 Å². The van der Waals surface area contributed by atoms with Crippen LogP contribution in [0, 0.1) is 0 Å². The molecule has 6 heteroatoms. The molecule has 0 atom stereocenters. The van der Waals surface area contributed by atoms with Crippen LogP contribution in [-0.2, 0) is 16.0 Å². The van der Waals surface area contributed by atoms with Crippen LogP contribution in [0.5, 0.6) is 10.9 Å². The molecular weight excluding hydrogens is 362 g/mol. The van der Waals surface area contributed by atoms with Crippen molar-refractivity contribution in [3.8, 4) is 10.9 Å². The minimum atomic E-state index is -1.02. The van der Waals surface area contributed by atoms with Crippen LogP contribution in [0.1, 0.15) is 26.3 Å². The zero-order valence-electron chi connectivity index (χ0n) is 15.7. The first-order chi connectivity index (χ1) is 13.0. The van der Waals surface area contributed by atoms with Crippen LogP contribution >= 0.6 is 11.3 Å². The Labute approximate surface area is 162 Å². The number of hydrogen-bond acceptors (Lipinski definition) is 6. The third kappa shape index (κ3) is 4.98. The van der Waals surface area contributed by atoms with Gasteiger partial charge in [0.2, 0.25) is 0 Å². The number of carbonyl (C=O) groups excluding carboxylic acids is 1. The Kier molecular flexibility index (Phi) is 5.96. The zero-order valence-corrected chi connectivity index (χ0v) is 16.5. The van der Waals surface area contributed by atoms with Crippen molar-refractivity contribution in [1.29, 1.82) is 0 Å². The van der Waals surface area contributed by atoms with Crippen LogP contribution in [0.2, 0.25) is 0 Å². The molecule has 27 heavy (non-hydrogen) atoms. The molecule has 0 aliphatic heterocycles. The van der Waals surface area contributed by atoms with Gasteiger partial charge in [-0.1, -0.05) is 35.6 Å². The van der Waals surface area contributed by atoms with E-state index in [-0.39, 0.29) is 5.97 Å². The van der Waals surface area contributed by atoms with Gasteiger partial charge in [-0.15, -0.1) is 0 Å². The van der Waals surface area contributed by atoms with Crippen LogP contribution in [0.25, 0.3) is 10.2 Å². The quantitative estimate of drug-likeness (QED) is 0.529. The number of rotatable bonds is 8. The molecule has 142 valence electrons. The summed E-state index contributed by atoms with van der Waals surface area (Å²) in [7, 11) is 0. The molecule has 0 aliphatic carbocycles. The highest BCUT2D eigenvalue weighted by atomic mass is 32.1. The van der Waals surface area contributed by atoms with Gasteiger partial charge in [0.05, 0.1) is 23.4 Å². The molecule has 3 aromatic rings. The Morgan fingerprint density at radius 1 is 1.11 bits per heavy atom. The number of ether oxygens (including phenoxy) is 3. The van der Waals surface area contributed by atoms with Gasteiger partial charge < -0.3 is 14.2 Å². The first-order valence-corrected chi connectivity index (χ1v) is 9.73. The molecule has 0 saturated heterocycles. The molecule has 1 aromatic heterocycles. The van der Waals surface area contributed by atoms with E-state index < -0.39 is 5.60 Å². The van der Waals surface area contributed by atoms with E-state index in [1.807, 2.05) is 48.5 Å². The van der Waals surface area contributed by atoms with E-state index >= 15 is 0 Å². The van der Waals surface area contributed by atoms with Crippen molar-refractivity contribution < 1.29 is 19.0 Å². The van der Waals surface area contributed by atoms with E-state index in [2.05, 4.69) is 4.98 Å². The summed E-state index contributed by atoms with van der Waals surface area (Å²) in [5.41, 5.74) is 1.06. The highest BCUT2D eigenvalue weighted by Gasteiger charge is 2.31. The maximum absolute atomic E-state index is 11.9. The summed E-state index contributed by atoms with van der Waals surface area (Å²) in [5.74, 6) is 0.252. The molecule has 3 rings (SSSR count). The normalized spacial score (nSPS) is 11.4. The Balaban J connectivity index is 1.52. The monoisotopic (exact) mass is 385 g/mol. The molecule has 1 heterocycles. The number of carbonyl (C=O) groups is 1. The maximum Gasteiger partial charge on any atom is 0.349 e. The molecular formula is C21H23NO4S. The topological polar surface area (TPSA) is 57.7 Å². The minimum Gasteiger partial charge on any atom is -0.476 e. The lowest BCUT2D eigenvalue weighted by molar-refractivity contribution is -0.158. The number of fused-ring (bicyclic) bond motifs is 1. The van der Waals surface area contributed by atoms with Crippen LogP contribution < -0.4 is 9.47 Å². The first-order valence-electron chi connectivity index (χ1n) is 8.91. The first kappa shape index (κ1) is 19.2. The van der Waals surface area contributed by atoms with Crippen LogP contribution in [0.4, 0.5) is 0 Å². The molecule has 0 N–H and O–H groups in total. The number of para-hydroxylation sites is 1. The summed E-state index contributed by atoms with van der Waals surface area (Å²) in [6.45, 7) is 6.06. The van der Waals surface area contributed by atoms with Crippen LogP contribution in [-0.4, -0.2) is 29.8 Å². The standard InChI is InChI=1S/C21H23NO4S/c1-4-24-19(23)21(2,3)26-16-11-9-15(10-12-16)13-14-25-20-22-17-7-5-6-8-18(17)27-20/h5-12H,4,13-14H2,1-3H3. The Bertz CT molecular complexity index is 869. The van der Waals surface area contributed by atoms with E-state index in [4.69, 9.17) is 14.2 Å². The maximum atomic E-state index is 11.9. The molecule has 0 saturated carbocycles. The zero-order chi connectivity index (χ0) is 19.3. The third-order valence-electron chi connectivity index (χ3n) is 3.95. The molecule has 0 fully saturated rings. The molecule has 0 bridgehead atoms. The molecule has 0 amide bonds. The number of thiazole rings is 1. The number of esters is 1. The second kappa shape index (κ2) is 8.39. The number of aromatic nitrogens is 1. The van der Waals surface area contributed by atoms with Crippen molar-refractivity contribution in [3.05, 3.63) is 54.1 Å². The Morgan fingerprint density at radius 2 is 1.85 bits per heavy atom. The fourth-order valence-electron chi connectivity index (χ4n) is 2.53. The van der Waals surface area contributed by atoms with E-state index in [1.165, 1.54) is 0 Å². The molecule has 5 nitrogen and oxygen atoms in total. The summed E-state index contributed by atoms with van der Waals surface area (Å²) < 4.78 is 17.7. The summed E-state index contributed by atoms with van der Waals surface area (Å²) in [4.78, 5) is 16.4. The third-order valence-corrected chi connectivity index (χ3v) is 4.90. The van der Waals surface area contributed by atoms with Gasteiger partial charge in [0.1, 0.15) is 5.75 Å². The van der Waals surface area contributed by atoms with Crippen molar-refractivity contribution >= 4 is 27.5 Å². The summed E-state index contributed by atoms with van der Waals surface area (Å²) >= 11 is 1.55. The molecule has 0 radical (unpaired) electrons. The average Bonchev–Trinajstić information content (AvgIpc) is 3.06. The fourth-order valence-corrected chi connectivity index (χ4v) is 3.37. The lowest BCUT2D eigenvalue weighted by atomic mass is 10.1. The average molecular weight is 385 g/mol. The molecule has 0 spiro atoms. The SMILES string of the molecule is CCOC(=O)C(C)(C)Oc1ccc(CCOc2nc3ccccc3s2)cc1. The van der Waals surface area contributed by atoms with Gasteiger partial charge in [-0.05, 0) is 50.6 Å². The second-order valence-electron chi connectivity index (χ2n) is 6.52. The summed E-state index contributed by atoms with van der Waals surface area (Å²) in [5, 5.41) is 0.687. The second-order valence-corrected chi connectivity index (χ2v) is 7.52. The number of hydrogen-bond donors (Lipinski definition) is 0. The van der Waals surface area contributed by atoms with Crippen molar-refractivity contribution in [2.45, 2.75) is 32.8 Å². The highest BCUT2D eigenvalue weighted by molar-refractivity contribution is 7.20. The lowest BCUT2D eigenvalue weighted by Crippen LogP contribution is -2.39. The molecule has 0 aliphatic rings. The Morgan fingerprint density at radius 3 is 2.56 bits per heavy atom. The van der Waals surface area contributed by atoms with Crippen LogP contribution in [0.3, 0.4) is 0 Å². The van der Waals surface area contributed by atoms with Crippen molar-refractivity contribution in [3.63, 3.8) is 0 Å². The number of benzene rings is 2. The molecule has 2 aromatic carbocycles. The van der Waals surface area contributed by atoms with Crippen LogP contribution in [0.15, 0.2) is 48.5 Å². The van der Waals surface area contributed by atoms with Gasteiger partial charge in [-0.2, -0.15) is 0 Å². The van der Waals surface area contributed by atoms with Crippen molar-refractivity contribution in [1.82, 2.24) is 4.98 Å².